The molecule has 15 heteroatoms. The number of rotatable bonds is 5. The predicted molar refractivity (Wildman–Crippen MR) is 121 cm³/mol. The number of aryl methyl sites for hydroxylation is 1. The molecule has 39 heavy (non-hydrogen) atoms. The zero-order valence-corrected chi connectivity index (χ0v) is 21.2. The fourth-order valence-corrected chi connectivity index (χ4v) is 8.22. The molecule has 0 aromatic heterocycles. The third-order valence-electron chi connectivity index (χ3n) is 6.33. The van der Waals surface area contributed by atoms with Crippen LogP contribution in [0.5, 0.6) is 0 Å². The van der Waals surface area contributed by atoms with Gasteiger partial charge in [0.2, 0.25) is 15.8 Å². The van der Waals surface area contributed by atoms with Crippen LogP contribution in [0.25, 0.3) is 0 Å². The third-order valence-corrected chi connectivity index (χ3v) is 10.4. The Bertz CT molecular complexity index is 1630. The van der Waals surface area contributed by atoms with Gasteiger partial charge in [-0.2, -0.15) is 17.5 Å². The Morgan fingerprint density at radius 2 is 1.33 bits per heavy atom. The molecule has 2 atom stereocenters. The lowest BCUT2D eigenvalue weighted by molar-refractivity contribution is -0.137. The molecule has 1 saturated heterocycles. The molecule has 0 radical (unpaired) electrons. The summed E-state index contributed by atoms with van der Waals surface area (Å²) < 4.78 is 165. The largest absolute Gasteiger partial charge is 0.416 e. The average Bonchev–Trinajstić information content (AvgIpc) is 3.33. The summed E-state index contributed by atoms with van der Waals surface area (Å²) in [6.45, 7) is 0.987. The monoisotopic (exact) mass is 599 g/mol. The standard InChI is InChI=1S/C24H17F8NO4S2/c1-12-5-7-15(8-6-12)39(36,37)33-10-9-16(22(33)13-3-2-4-14(11-13)24(30,31)32)38(34,35)23-20(28)18(26)17(25)19(27)21(23)29/h2-8,11,16,22H,9-10H2,1H3/t16-,22+/m0/s1. The number of sulfone groups is 1. The molecule has 0 unspecified atom stereocenters. The summed E-state index contributed by atoms with van der Waals surface area (Å²) in [7, 11) is -10.2. The minimum Gasteiger partial charge on any atom is -0.223 e. The van der Waals surface area contributed by atoms with Gasteiger partial charge in [0, 0.05) is 6.54 Å². The summed E-state index contributed by atoms with van der Waals surface area (Å²) in [6, 6.07) is 6.08. The van der Waals surface area contributed by atoms with Crippen molar-refractivity contribution in [3.63, 3.8) is 0 Å². The average molecular weight is 600 g/mol. The van der Waals surface area contributed by atoms with Crippen molar-refractivity contribution in [3.05, 3.63) is 94.3 Å². The smallest absolute Gasteiger partial charge is 0.223 e. The van der Waals surface area contributed by atoms with Gasteiger partial charge >= 0.3 is 6.18 Å². The van der Waals surface area contributed by atoms with Gasteiger partial charge in [-0.05, 0) is 43.2 Å². The molecule has 5 nitrogen and oxygen atoms in total. The van der Waals surface area contributed by atoms with E-state index in [0.29, 0.717) is 22.0 Å². The van der Waals surface area contributed by atoms with Crippen LogP contribution in [0.3, 0.4) is 0 Å². The highest BCUT2D eigenvalue weighted by molar-refractivity contribution is 7.92. The van der Waals surface area contributed by atoms with Gasteiger partial charge in [0.1, 0.15) is 4.90 Å². The quantitative estimate of drug-likeness (QED) is 0.164. The highest BCUT2D eigenvalue weighted by atomic mass is 32.2. The molecule has 3 aromatic carbocycles. The molecule has 0 amide bonds. The van der Waals surface area contributed by atoms with Crippen LogP contribution < -0.4 is 0 Å². The van der Waals surface area contributed by atoms with Crippen LogP contribution in [-0.2, 0) is 26.0 Å². The molecule has 210 valence electrons. The van der Waals surface area contributed by atoms with E-state index in [2.05, 4.69) is 0 Å². The molecule has 0 bridgehead atoms. The van der Waals surface area contributed by atoms with Crippen LogP contribution in [0.1, 0.15) is 29.2 Å². The zero-order valence-electron chi connectivity index (χ0n) is 19.6. The van der Waals surface area contributed by atoms with E-state index >= 15 is 0 Å². The molecule has 0 saturated carbocycles. The molecule has 0 N–H and O–H groups in total. The van der Waals surface area contributed by atoms with Crippen molar-refractivity contribution in [2.24, 2.45) is 0 Å². The Hall–Kier alpha value is -3.04. The Kier molecular flexibility index (Phi) is 7.32. The first-order chi connectivity index (χ1) is 18.0. The minimum atomic E-state index is -5.57. The topological polar surface area (TPSA) is 71.5 Å². The number of alkyl halides is 3. The van der Waals surface area contributed by atoms with Crippen LogP contribution >= 0.6 is 0 Å². The van der Waals surface area contributed by atoms with Gasteiger partial charge < -0.3 is 0 Å². The predicted octanol–water partition coefficient (Wildman–Crippen LogP) is 5.69. The Morgan fingerprint density at radius 1 is 0.795 bits per heavy atom. The molecule has 0 aliphatic carbocycles. The van der Waals surface area contributed by atoms with Crippen LogP contribution in [0.15, 0.2) is 58.3 Å². The van der Waals surface area contributed by atoms with Gasteiger partial charge in [-0.3, -0.25) is 0 Å². The summed E-state index contributed by atoms with van der Waals surface area (Å²) in [5.41, 5.74) is -1.15. The first-order valence-corrected chi connectivity index (χ1v) is 14.0. The highest BCUT2D eigenvalue weighted by Crippen LogP contribution is 2.44. The minimum absolute atomic E-state index is 0.362. The SMILES string of the molecule is Cc1ccc(S(=O)(=O)N2CC[C@H](S(=O)(=O)c3c(F)c(F)c(F)c(F)c3F)[C@H]2c2cccc(C(F)(F)F)c2)cc1. The van der Waals surface area contributed by atoms with Gasteiger partial charge in [-0.1, -0.05) is 29.8 Å². The van der Waals surface area contributed by atoms with E-state index in [-0.39, 0.29) is 4.90 Å². The number of halogens is 8. The van der Waals surface area contributed by atoms with E-state index < -0.39 is 95.4 Å². The summed E-state index contributed by atoms with van der Waals surface area (Å²) >= 11 is 0. The van der Waals surface area contributed by atoms with Gasteiger partial charge in [-0.15, -0.1) is 0 Å². The van der Waals surface area contributed by atoms with Crippen LogP contribution in [-0.4, -0.2) is 32.9 Å². The van der Waals surface area contributed by atoms with E-state index in [4.69, 9.17) is 0 Å². The maximum atomic E-state index is 14.6. The molecule has 1 aliphatic heterocycles. The van der Waals surface area contributed by atoms with Crippen LogP contribution in [0.2, 0.25) is 0 Å². The Labute approximate surface area is 217 Å². The highest BCUT2D eigenvalue weighted by Gasteiger charge is 2.51. The normalized spacial score (nSPS) is 19.0. The van der Waals surface area contributed by atoms with Crippen molar-refractivity contribution >= 4 is 19.9 Å². The first-order valence-electron chi connectivity index (χ1n) is 11.0. The second-order valence-electron chi connectivity index (χ2n) is 8.77. The molecular formula is C24H17F8NO4S2. The van der Waals surface area contributed by atoms with Crippen LogP contribution in [0, 0.1) is 36.0 Å². The molecule has 1 aliphatic rings. The summed E-state index contributed by atoms with van der Waals surface area (Å²) in [5.74, 6) is -13.1. The van der Waals surface area contributed by atoms with Crippen molar-refractivity contribution in [1.82, 2.24) is 4.31 Å². The first kappa shape index (κ1) is 29.0. The van der Waals surface area contributed by atoms with Crippen molar-refractivity contribution in [1.29, 1.82) is 0 Å². The molecular weight excluding hydrogens is 582 g/mol. The number of hydrogen-bond acceptors (Lipinski definition) is 4. The lowest BCUT2D eigenvalue weighted by Crippen LogP contribution is -2.36. The molecule has 1 heterocycles. The van der Waals surface area contributed by atoms with Crippen LogP contribution in [0.4, 0.5) is 35.1 Å². The van der Waals surface area contributed by atoms with Gasteiger partial charge in [0.05, 0.1) is 21.8 Å². The summed E-state index contributed by atoms with van der Waals surface area (Å²) in [4.78, 5) is -2.56. The van der Waals surface area contributed by atoms with E-state index in [1.54, 1.807) is 6.92 Å². The van der Waals surface area contributed by atoms with E-state index in [1.165, 1.54) is 24.3 Å². The summed E-state index contributed by atoms with van der Waals surface area (Å²) in [6.07, 6.45) is -5.67. The zero-order chi connectivity index (χ0) is 29.1. The second kappa shape index (κ2) is 9.86. The van der Waals surface area contributed by atoms with Crippen molar-refractivity contribution in [2.75, 3.05) is 6.54 Å². The van der Waals surface area contributed by atoms with Crippen molar-refractivity contribution < 1.29 is 52.0 Å². The Balaban J connectivity index is 1.95. The lowest BCUT2D eigenvalue weighted by atomic mass is 10.0. The maximum absolute atomic E-state index is 14.6. The maximum Gasteiger partial charge on any atom is 0.416 e. The van der Waals surface area contributed by atoms with E-state index in [1.807, 2.05) is 0 Å². The van der Waals surface area contributed by atoms with E-state index in [0.717, 1.165) is 12.1 Å². The van der Waals surface area contributed by atoms with Crippen molar-refractivity contribution in [3.8, 4) is 0 Å². The molecule has 3 aromatic rings. The molecule has 0 spiro atoms. The molecule has 1 fully saturated rings. The Morgan fingerprint density at radius 3 is 1.87 bits per heavy atom. The van der Waals surface area contributed by atoms with Gasteiger partial charge in [0.25, 0.3) is 0 Å². The van der Waals surface area contributed by atoms with E-state index in [9.17, 15) is 52.0 Å². The van der Waals surface area contributed by atoms with Crippen molar-refractivity contribution in [2.45, 2.75) is 40.6 Å². The number of nitrogens with zero attached hydrogens (tertiary/aromatic N) is 1. The fourth-order valence-electron chi connectivity index (χ4n) is 4.44. The molecule has 4 rings (SSSR count). The fraction of sp³-hybridized carbons (Fsp3) is 0.250. The number of sulfonamides is 1. The number of benzene rings is 3. The second-order valence-corrected chi connectivity index (χ2v) is 12.8. The lowest BCUT2D eigenvalue weighted by Gasteiger charge is -2.29. The summed E-state index contributed by atoms with van der Waals surface area (Å²) in [5, 5.41) is -2.21. The van der Waals surface area contributed by atoms with Gasteiger partial charge in [0.15, 0.2) is 33.1 Å². The third kappa shape index (κ3) is 4.91. The number of hydrogen-bond donors (Lipinski definition) is 0. The van der Waals surface area contributed by atoms with Gasteiger partial charge in [-0.25, -0.2) is 38.8 Å².